The van der Waals surface area contributed by atoms with E-state index in [2.05, 4.69) is 70.1 Å². The highest BCUT2D eigenvalue weighted by atomic mass is 79.9. The van der Waals surface area contributed by atoms with Gasteiger partial charge in [-0.15, -0.1) is 0 Å². The molecule has 0 amide bonds. The zero-order valence-corrected chi connectivity index (χ0v) is 13.7. The van der Waals surface area contributed by atoms with Gasteiger partial charge in [-0.1, -0.05) is 20.8 Å². The van der Waals surface area contributed by atoms with Gasteiger partial charge in [0, 0.05) is 6.54 Å². The van der Waals surface area contributed by atoms with Crippen LogP contribution >= 0.6 is 31.9 Å². The van der Waals surface area contributed by atoms with Gasteiger partial charge in [0.25, 0.3) is 0 Å². The maximum atomic E-state index is 5.77. The van der Waals surface area contributed by atoms with Crippen molar-refractivity contribution in [2.75, 3.05) is 13.2 Å². The van der Waals surface area contributed by atoms with Gasteiger partial charge in [0.05, 0.1) is 15.6 Å². The lowest BCUT2D eigenvalue weighted by atomic mass is 10.2. The molecule has 2 nitrogen and oxygen atoms in total. The van der Waals surface area contributed by atoms with E-state index in [1.165, 1.54) is 5.56 Å². The highest BCUT2D eigenvalue weighted by molar-refractivity contribution is 9.11. The van der Waals surface area contributed by atoms with Crippen LogP contribution < -0.4 is 10.1 Å². The van der Waals surface area contributed by atoms with Crippen LogP contribution in [0.25, 0.3) is 0 Å². The molecule has 0 aromatic heterocycles. The van der Waals surface area contributed by atoms with E-state index in [9.17, 15) is 0 Å². The molecule has 1 aromatic carbocycles. The number of halogens is 2. The van der Waals surface area contributed by atoms with Crippen LogP contribution in [-0.2, 0) is 6.54 Å². The van der Waals surface area contributed by atoms with Crippen LogP contribution in [0.15, 0.2) is 21.1 Å². The summed E-state index contributed by atoms with van der Waals surface area (Å²) in [4.78, 5) is 0. The van der Waals surface area contributed by atoms with Crippen LogP contribution in [0.2, 0.25) is 0 Å². The van der Waals surface area contributed by atoms with E-state index >= 15 is 0 Å². The molecule has 0 atom stereocenters. The zero-order chi connectivity index (χ0) is 12.8. The van der Waals surface area contributed by atoms with Gasteiger partial charge in [-0.3, -0.25) is 0 Å². The fraction of sp³-hybridized carbons (Fsp3) is 0.538. The standard InChI is InChI=1S/C13H19Br2NO/c1-4-16-7-10-5-11(14)13(12(15)6-10)17-8-9(2)3/h5-6,9,16H,4,7-8H2,1-3H3. The molecule has 0 spiro atoms. The molecule has 0 aliphatic rings. The molecular weight excluding hydrogens is 346 g/mol. The Morgan fingerprint density at radius 1 is 1.24 bits per heavy atom. The molecule has 0 heterocycles. The Kier molecular flexibility index (Phi) is 6.52. The Morgan fingerprint density at radius 3 is 2.29 bits per heavy atom. The lowest BCUT2D eigenvalue weighted by Gasteiger charge is -2.14. The van der Waals surface area contributed by atoms with E-state index in [0.29, 0.717) is 5.92 Å². The number of benzene rings is 1. The molecule has 0 aliphatic carbocycles. The normalized spacial score (nSPS) is 10.9. The second-order valence-corrected chi connectivity index (χ2v) is 6.08. The van der Waals surface area contributed by atoms with Crippen molar-refractivity contribution in [2.45, 2.75) is 27.3 Å². The molecule has 96 valence electrons. The van der Waals surface area contributed by atoms with Gasteiger partial charge >= 0.3 is 0 Å². The molecule has 17 heavy (non-hydrogen) atoms. The topological polar surface area (TPSA) is 21.3 Å². The van der Waals surface area contributed by atoms with Crippen LogP contribution in [0, 0.1) is 5.92 Å². The molecule has 1 rings (SSSR count). The maximum absolute atomic E-state index is 5.77. The fourth-order valence-electron chi connectivity index (χ4n) is 1.37. The van der Waals surface area contributed by atoms with Crippen LogP contribution in [-0.4, -0.2) is 13.2 Å². The summed E-state index contributed by atoms with van der Waals surface area (Å²) in [7, 11) is 0. The number of nitrogens with one attached hydrogen (secondary N) is 1. The summed E-state index contributed by atoms with van der Waals surface area (Å²) in [5, 5.41) is 3.31. The summed E-state index contributed by atoms with van der Waals surface area (Å²) in [6.07, 6.45) is 0. The Labute approximate surface area is 120 Å². The van der Waals surface area contributed by atoms with E-state index in [4.69, 9.17) is 4.74 Å². The van der Waals surface area contributed by atoms with Gasteiger partial charge in [0.15, 0.2) is 0 Å². The van der Waals surface area contributed by atoms with Gasteiger partial charge in [-0.05, 0) is 62.0 Å². The highest BCUT2D eigenvalue weighted by Crippen LogP contribution is 2.35. The van der Waals surface area contributed by atoms with Crippen molar-refractivity contribution >= 4 is 31.9 Å². The summed E-state index contributed by atoms with van der Waals surface area (Å²) in [6.45, 7) is 8.95. The fourth-order valence-corrected chi connectivity index (χ4v) is 2.88. The van der Waals surface area contributed by atoms with E-state index in [0.717, 1.165) is 34.4 Å². The average molecular weight is 365 g/mol. The third kappa shape index (κ3) is 4.98. The predicted molar refractivity (Wildman–Crippen MR) is 79.6 cm³/mol. The summed E-state index contributed by atoms with van der Waals surface area (Å²) < 4.78 is 7.78. The smallest absolute Gasteiger partial charge is 0.147 e. The van der Waals surface area contributed by atoms with Crippen molar-refractivity contribution in [3.63, 3.8) is 0 Å². The molecule has 0 bridgehead atoms. The lowest BCUT2D eigenvalue weighted by molar-refractivity contribution is 0.268. The predicted octanol–water partition coefficient (Wildman–Crippen LogP) is 4.36. The first-order valence-electron chi connectivity index (χ1n) is 5.86. The summed E-state index contributed by atoms with van der Waals surface area (Å²) in [5.41, 5.74) is 1.24. The first-order valence-corrected chi connectivity index (χ1v) is 7.44. The highest BCUT2D eigenvalue weighted by Gasteiger charge is 2.09. The Morgan fingerprint density at radius 2 is 1.82 bits per heavy atom. The Hall–Kier alpha value is -0.0600. The number of rotatable bonds is 6. The van der Waals surface area contributed by atoms with Crippen molar-refractivity contribution in [2.24, 2.45) is 5.92 Å². The SMILES string of the molecule is CCNCc1cc(Br)c(OCC(C)C)c(Br)c1. The minimum atomic E-state index is 0.523. The second kappa shape index (κ2) is 7.39. The lowest BCUT2D eigenvalue weighted by Crippen LogP contribution is -2.12. The third-order valence-corrected chi connectivity index (χ3v) is 3.38. The largest absolute Gasteiger partial charge is 0.491 e. The van der Waals surface area contributed by atoms with Crippen molar-refractivity contribution in [3.05, 3.63) is 26.6 Å². The number of hydrogen-bond donors (Lipinski definition) is 1. The molecule has 4 heteroatoms. The number of hydrogen-bond acceptors (Lipinski definition) is 2. The molecule has 0 radical (unpaired) electrons. The summed E-state index contributed by atoms with van der Waals surface area (Å²) in [6, 6.07) is 4.20. The molecule has 1 N–H and O–H groups in total. The van der Waals surface area contributed by atoms with E-state index in [1.54, 1.807) is 0 Å². The first kappa shape index (κ1) is 15.0. The molecule has 0 saturated heterocycles. The first-order chi connectivity index (χ1) is 8.04. The van der Waals surface area contributed by atoms with E-state index in [-0.39, 0.29) is 0 Å². The summed E-state index contributed by atoms with van der Waals surface area (Å²) >= 11 is 7.11. The molecule has 0 unspecified atom stereocenters. The van der Waals surface area contributed by atoms with Crippen LogP contribution in [0.4, 0.5) is 0 Å². The minimum Gasteiger partial charge on any atom is -0.491 e. The Bertz CT molecular complexity index is 343. The van der Waals surface area contributed by atoms with Crippen LogP contribution in [0.1, 0.15) is 26.3 Å². The molecule has 1 aromatic rings. The monoisotopic (exact) mass is 363 g/mol. The van der Waals surface area contributed by atoms with E-state index < -0.39 is 0 Å². The molecule has 0 saturated carbocycles. The van der Waals surface area contributed by atoms with Crippen molar-refractivity contribution in [1.29, 1.82) is 0 Å². The van der Waals surface area contributed by atoms with Crippen molar-refractivity contribution in [1.82, 2.24) is 5.32 Å². The van der Waals surface area contributed by atoms with Gasteiger partial charge < -0.3 is 10.1 Å². The number of ether oxygens (including phenoxy) is 1. The van der Waals surface area contributed by atoms with Crippen LogP contribution in [0.5, 0.6) is 5.75 Å². The summed E-state index contributed by atoms with van der Waals surface area (Å²) in [5.74, 6) is 1.41. The van der Waals surface area contributed by atoms with Crippen LogP contribution in [0.3, 0.4) is 0 Å². The second-order valence-electron chi connectivity index (χ2n) is 4.37. The maximum Gasteiger partial charge on any atom is 0.147 e. The zero-order valence-electron chi connectivity index (χ0n) is 10.5. The van der Waals surface area contributed by atoms with Gasteiger partial charge in [0.2, 0.25) is 0 Å². The van der Waals surface area contributed by atoms with Crippen molar-refractivity contribution < 1.29 is 4.74 Å². The van der Waals surface area contributed by atoms with E-state index in [1.807, 2.05) is 0 Å². The van der Waals surface area contributed by atoms with Gasteiger partial charge in [-0.25, -0.2) is 0 Å². The Balaban J connectivity index is 2.79. The van der Waals surface area contributed by atoms with Gasteiger partial charge in [-0.2, -0.15) is 0 Å². The molecule has 0 fully saturated rings. The third-order valence-electron chi connectivity index (χ3n) is 2.20. The van der Waals surface area contributed by atoms with Crippen molar-refractivity contribution in [3.8, 4) is 5.75 Å². The molecule has 0 aliphatic heterocycles. The molecular formula is C13H19Br2NO. The van der Waals surface area contributed by atoms with Gasteiger partial charge in [0.1, 0.15) is 5.75 Å². The quantitative estimate of drug-likeness (QED) is 0.809. The minimum absolute atomic E-state index is 0.523. The average Bonchev–Trinajstić information content (AvgIpc) is 2.24.